The van der Waals surface area contributed by atoms with Crippen LogP contribution < -0.4 is 20.1 Å². The lowest BCUT2D eigenvalue weighted by Gasteiger charge is -2.13. The van der Waals surface area contributed by atoms with Crippen molar-refractivity contribution in [3.63, 3.8) is 0 Å². The number of carbonyl (C=O) groups excluding carboxylic acids is 2. The van der Waals surface area contributed by atoms with Crippen LogP contribution in [-0.2, 0) is 11.4 Å². The van der Waals surface area contributed by atoms with E-state index in [1.165, 1.54) is 5.39 Å². The number of hydrogen-bond acceptors (Lipinski definition) is 4. The molecule has 0 atom stereocenters. The van der Waals surface area contributed by atoms with E-state index in [-0.39, 0.29) is 5.70 Å². The molecule has 3 aromatic carbocycles. The molecule has 146 valence electrons. The summed E-state index contributed by atoms with van der Waals surface area (Å²) in [7, 11) is 0. The highest BCUT2D eigenvalue weighted by Crippen LogP contribution is 2.30. The first-order valence-corrected chi connectivity index (χ1v) is 9.34. The van der Waals surface area contributed by atoms with Crippen LogP contribution in [0.2, 0.25) is 0 Å². The number of ether oxygens (including phenoxy) is 2. The molecule has 6 heteroatoms. The normalized spacial score (nSPS) is 14.7. The molecule has 1 fully saturated rings. The number of rotatable bonds is 6. The first-order valence-electron chi connectivity index (χ1n) is 9.34. The quantitative estimate of drug-likeness (QED) is 0.494. The van der Waals surface area contributed by atoms with Crippen LogP contribution in [0.4, 0.5) is 4.79 Å². The van der Waals surface area contributed by atoms with Crippen molar-refractivity contribution >= 4 is 28.8 Å². The van der Waals surface area contributed by atoms with Crippen molar-refractivity contribution in [3.8, 4) is 11.5 Å². The lowest BCUT2D eigenvalue weighted by molar-refractivity contribution is -0.115. The van der Waals surface area contributed by atoms with Crippen LogP contribution in [0.15, 0.2) is 66.4 Å². The summed E-state index contributed by atoms with van der Waals surface area (Å²) in [6.45, 7) is 2.77. The summed E-state index contributed by atoms with van der Waals surface area (Å²) in [6, 6.07) is 19.3. The van der Waals surface area contributed by atoms with Crippen LogP contribution >= 0.6 is 0 Å². The number of hydrogen-bond donors (Lipinski definition) is 2. The molecule has 1 saturated heterocycles. The predicted molar refractivity (Wildman–Crippen MR) is 111 cm³/mol. The van der Waals surface area contributed by atoms with Gasteiger partial charge in [0.25, 0.3) is 5.91 Å². The highest BCUT2D eigenvalue weighted by Gasteiger charge is 2.22. The number of nitrogens with one attached hydrogen (secondary N) is 2. The Morgan fingerprint density at radius 2 is 1.69 bits per heavy atom. The predicted octanol–water partition coefficient (Wildman–Crippen LogP) is 4.00. The highest BCUT2D eigenvalue weighted by atomic mass is 16.5. The van der Waals surface area contributed by atoms with E-state index in [1.54, 1.807) is 18.2 Å². The molecule has 3 aromatic rings. The second-order valence-electron chi connectivity index (χ2n) is 6.58. The fourth-order valence-electron chi connectivity index (χ4n) is 3.14. The maximum Gasteiger partial charge on any atom is 0.326 e. The van der Waals surface area contributed by atoms with E-state index >= 15 is 0 Å². The number of imide groups is 1. The number of urea groups is 1. The van der Waals surface area contributed by atoms with Gasteiger partial charge in [-0.2, -0.15) is 0 Å². The summed E-state index contributed by atoms with van der Waals surface area (Å²) in [5.74, 6) is 0.735. The molecule has 1 aliphatic rings. The van der Waals surface area contributed by atoms with Gasteiger partial charge < -0.3 is 14.8 Å². The smallest absolute Gasteiger partial charge is 0.326 e. The number of fused-ring (bicyclic) bond motifs is 1. The van der Waals surface area contributed by atoms with E-state index in [2.05, 4.69) is 34.9 Å². The van der Waals surface area contributed by atoms with E-state index in [1.807, 2.05) is 31.2 Å². The van der Waals surface area contributed by atoms with Crippen molar-refractivity contribution in [1.29, 1.82) is 0 Å². The Bertz CT molecular complexity index is 1120. The van der Waals surface area contributed by atoms with E-state index in [4.69, 9.17) is 9.47 Å². The Morgan fingerprint density at radius 1 is 0.862 bits per heavy atom. The van der Waals surface area contributed by atoms with E-state index in [0.717, 1.165) is 16.5 Å². The molecule has 0 radical (unpaired) electrons. The van der Waals surface area contributed by atoms with Crippen LogP contribution in [0, 0.1) is 0 Å². The fraction of sp³-hybridized carbons (Fsp3) is 0.130. The van der Waals surface area contributed by atoms with Gasteiger partial charge >= 0.3 is 6.03 Å². The van der Waals surface area contributed by atoms with Gasteiger partial charge in [-0.25, -0.2) is 4.79 Å². The van der Waals surface area contributed by atoms with Crippen LogP contribution in [0.3, 0.4) is 0 Å². The summed E-state index contributed by atoms with van der Waals surface area (Å²) in [5.41, 5.74) is 1.98. The third-order valence-corrected chi connectivity index (χ3v) is 4.51. The monoisotopic (exact) mass is 388 g/mol. The molecule has 0 aromatic heterocycles. The summed E-state index contributed by atoms with van der Waals surface area (Å²) in [5, 5.41) is 7.00. The molecule has 0 aliphatic carbocycles. The SMILES string of the molecule is CCOc1cc(/C=C2/NC(=O)NC2=O)ccc1OCc1ccc2ccccc2c1. The zero-order valence-electron chi connectivity index (χ0n) is 15.9. The van der Waals surface area contributed by atoms with Gasteiger partial charge in [0, 0.05) is 0 Å². The molecule has 1 aliphatic heterocycles. The van der Waals surface area contributed by atoms with Crippen molar-refractivity contribution in [2.75, 3.05) is 6.61 Å². The molecule has 0 unspecified atom stereocenters. The van der Waals surface area contributed by atoms with Crippen LogP contribution in [0.1, 0.15) is 18.1 Å². The molecule has 3 amide bonds. The summed E-state index contributed by atoms with van der Waals surface area (Å²) < 4.78 is 11.7. The van der Waals surface area contributed by atoms with E-state index < -0.39 is 11.9 Å². The summed E-state index contributed by atoms with van der Waals surface area (Å²) in [4.78, 5) is 23.0. The van der Waals surface area contributed by atoms with Gasteiger partial charge in [-0.1, -0.05) is 42.5 Å². The third kappa shape index (κ3) is 4.21. The molecule has 0 saturated carbocycles. The Balaban J connectivity index is 1.54. The Labute approximate surface area is 168 Å². The van der Waals surface area contributed by atoms with Crippen molar-refractivity contribution in [2.24, 2.45) is 0 Å². The molecule has 6 nitrogen and oxygen atoms in total. The van der Waals surface area contributed by atoms with Crippen molar-refractivity contribution in [2.45, 2.75) is 13.5 Å². The van der Waals surface area contributed by atoms with Gasteiger partial charge in [-0.3, -0.25) is 10.1 Å². The minimum absolute atomic E-state index is 0.197. The lowest BCUT2D eigenvalue weighted by Crippen LogP contribution is -2.22. The number of amides is 3. The second kappa shape index (κ2) is 8.06. The standard InChI is InChI=1S/C23H20N2O4/c1-2-28-21-13-15(12-19-22(26)25-23(27)24-19)8-10-20(21)29-14-16-7-9-17-5-3-4-6-18(17)11-16/h3-13H,2,14H2,1H3,(H2,24,25,26,27)/b19-12+. The lowest BCUT2D eigenvalue weighted by atomic mass is 10.1. The number of benzene rings is 3. The Morgan fingerprint density at radius 3 is 2.45 bits per heavy atom. The third-order valence-electron chi connectivity index (χ3n) is 4.51. The van der Waals surface area contributed by atoms with Gasteiger partial charge in [0.2, 0.25) is 0 Å². The summed E-state index contributed by atoms with van der Waals surface area (Å²) in [6.07, 6.45) is 1.59. The minimum Gasteiger partial charge on any atom is -0.490 e. The maximum atomic E-state index is 11.7. The topological polar surface area (TPSA) is 76.7 Å². The largest absolute Gasteiger partial charge is 0.490 e. The van der Waals surface area contributed by atoms with E-state index in [0.29, 0.717) is 24.7 Å². The number of carbonyl (C=O) groups is 2. The highest BCUT2D eigenvalue weighted by molar-refractivity contribution is 6.14. The molecule has 4 rings (SSSR count). The average molecular weight is 388 g/mol. The molecule has 1 heterocycles. The van der Waals surface area contributed by atoms with Gasteiger partial charge in [-0.05, 0) is 53.1 Å². The van der Waals surface area contributed by atoms with Crippen LogP contribution in [-0.4, -0.2) is 18.5 Å². The molecule has 0 bridgehead atoms. The average Bonchev–Trinajstić information content (AvgIpc) is 3.04. The van der Waals surface area contributed by atoms with E-state index in [9.17, 15) is 9.59 Å². The first kappa shape index (κ1) is 18.6. The first-order chi connectivity index (χ1) is 14.1. The van der Waals surface area contributed by atoms with Gasteiger partial charge in [0.15, 0.2) is 11.5 Å². The maximum absolute atomic E-state index is 11.7. The van der Waals surface area contributed by atoms with Gasteiger partial charge in [0.1, 0.15) is 12.3 Å². The molecule has 29 heavy (non-hydrogen) atoms. The zero-order valence-corrected chi connectivity index (χ0v) is 15.9. The molecule has 2 N–H and O–H groups in total. The van der Waals surface area contributed by atoms with Crippen molar-refractivity contribution < 1.29 is 19.1 Å². The summed E-state index contributed by atoms with van der Waals surface area (Å²) >= 11 is 0. The van der Waals surface area contributed by atoms with Crippen molar-refractivity contribution in [3.05, 3.63) is 77.5 Å². The Hall–Kier alpha value is -3.80. The van der Waals surface area contributed by atoms with Crippen LogP contribution in [0.5, 0.6) is 11.5 Å². The Kier molecular flexibility index (Phi) is 5.16. The molecular weight excluding hydrogens is 368 g/mol. The zero-order chi connectivity index (χ0) is 20.2. The molecular formula is C23H20N2O4. The van der Waals surface area contributed by atoms with Gasteiger partial charge in [-0.15, -0.1) is 0 Å². The van der Waals surface area contributed by atoms with Crippen molar-refractivity contribution in [1.82, 2.24) is 10.6 Å². The van der Waals surface area contributed by atoms with Gasteiger partial charge in [0.05, 0.1) is 6.61 Å². The fourth-order valence-corrected chi connectivity index (χ4v) is 3.14. The van der Waals surface area contributed by atoms with Crippen LogP contribution in [0.25, 0.3) is 16.8 Å². The molecule has 0 spiro atoms. The minimum atomic E-state index is -0.526. The second-order valence-corrected chi connectivity index (χ2v) is 6.58.